The number of nitrogens with zero attached hydrogens (tertiary/aromatic N) is 2. The number of likely N-dealkylation sites (tertiary alicyclic amines) is 1. The molecule has 5 heteroatoms. The van der Waals surface area contributed by atoms with Crippen LogP contribution in [0.3, 0.4) is 0 Å². The standard InChI is InChI=1S/C13H14ClN3O/c14-11-2-1-3-12(7-11)16-13(18)6-10-4-5-17(8-10)9-15/h1-3,7,10H,4-6,8H2,(H,16,18). The molecule has 1 aliphatic heterocycles. The highest BCUT2D eigenvalue weighted by Gasteiger charge is 2.23. The van der Waals surface area contributed by atoms with Crippen LogP contribution in [0.1, 0.15) is 12.8 Å². The molecule has 0 spiro atoms. The van der Waals surface area contributed by atoms with E-state index in [-0.39, 0.29) is 11.8 Å². The maximum atomic E-state index is 11.8. The van der Waals surface area contributed by atoms with E-state index in [1.165, 1.54) is 0 Å². The molecular formula is C13H14ClN3O. The fourth-order valence-electron chi connectivity index (χ4n) is 2.13. The maximum absolute atomic E-state index is 11.8. The Balaban J connectivity index is 1.84. The molecule has 0 saturated carbocycles. The monoisotopic (exact) mass is 263 g/mol. The molecule has 94 valence electrons. The second kappa shape index (κ2) is 5.74. The number of nitrogens with one attached hydrogen (secondary N) is 1. The lowest BCUT2D eigenvalue weighted by Gasteiger charge is -2.10. The van der Waals surface area contributed by atoms with Gasteiger partial charge in [-0.05, 0) is 30.5 Å². The zero-order valence-electron chi connectivity index (χ0n) is 9.90. The summed E-state index contributed by atoms with van der Waals surface area (Å²) in [5, 5.41) is 12.2. The van der Waals surface area contributed by atoms with Crippen molar-refractivity contribution >= 4 is 23.2 Å². The molecule has 0 radical (unpaired) electrons. The van der Waals surface area contributed by atoms with Crippen LogP contribution in [0.5, 0.6) is 0 Å². The van der Waals surface area contributed by atoms with Gasteiger partial charge in [-0.15, -0.1) is 0 Å². The Kier molecular flexibility index (Phi) is 4.06. The van der Waals surface area contributed by atoms with E-state index in [9.17, 15) is 4.79 Å². The summed E-state index contributed by atoms with van der Waals surface area (Å²) in [5.74, 6) is 0.242. The highest BCUT2D eigenvalue weighted by Crippen LogP contribution is 2.20. The minimum Gasteiger partial charge on any atom is -0.326 e. The second-order valence-electron chi connectivity index (χ2n) is 4.46. The van der Waals surface area contributed by atoms with Gasteiger partial charge < -0.3 is 10.2 Å². The van der Waals surface area contributed by atoms with Crippen molar-refractivity contribution in [1.82, 2.24) is 4.90 Å². The minimum atomic E-state index is -0.0259. The predicted molar refractivity (Wildman–Crippen MR) is 70.0 cm³/mol. The first-order valence-electron chi connectivity index (χ1n) is 5.87. The lowest BCUT2D eigenvalue weighted by atomic mass is 10.0. The fraction of sp³-hybridized carbons (Fsp3) is 0.385. The molecule has 1 aliphatic rings. The average Bonchev–Trinajstić information content (AvgIpc) is 2.76. The Morgan fingerprint density at radius 3 is 3.11 bits per heavy atom. The molecule has 0 aromatic heterocycles. The molecule has 1 aromatic rings. The van der Waals surface area contributed by atoms with Gasteiger partial charge in [-0.2, -0.15) is 5.26 Å². The van der Waals surface area contributed by atoms with Crippen molar-refractivity contribution in [2.24, 2.45) is 5.92 Å². The van der Waals surface area contributed by atoms with Gasteiger partial charge in [0.15, 0.2) is 6.19 Å². The van der Waals surface area contributed by atoms with Gasteiger partial charge in [-0.1, -0.05) is 17.7 Å². The predicted octanol–water partition coefficient (Wildman–Crippen LogP) is 2.47. The number of hydrogen-bond donors (Lipinski definition) is 1. The molecule has 1 N–H and O–H groups in total. The highest BCUT2D eigenvalue weighted by molar-refractivity contribution is 6.30. The molecule has 1 fully saturated rings. The van der Waals surface area contributed by atoms with Gasteiger partial charge in [-0.25, -0.2) is 0 Å². The van der Waals surface area contributed by atoms with Crippen molar-refractivity contribution in [2.75, 3.05) is 18.4 Å². The normalized spacial score (nSPS) is 18.4. The maximum Gasteiger partial charge on any atom is 0.224 e. The van der Waals surface area contributed by atoms with Crippen LogP contribution in [-0.2, 0) is 4.79 Å². The smallest absolute Gasteiger partial charge is 0.224 e. The summed E-state index contributed by atoms with van der Waals surface area (Å²) in [5.41, 5.74) is 0.711. The quantitative estimate of drug-likeness (QED) is 0.853. The van der Waals surface area contributed by atoms with Gasteiger partial charge >= 0.3 is 0 Å². The number of benzene rings is 1. The summed E-state index contributed by atoms with van der Waals surface area (Å²) >= 11 is 5.84. The van der Waals surface area contributed by atoms with E-state index < -0.39 is 0 Å². The Hall–Kier alpha value is -1.73. The molecule has 0 aliphatic carbocycles. The van der Waals surface area contributed by atoms with Crippen molar-refractivity contribution in [3.8, 4) is 6.19 Å². The molecule has 1 saturated heterocycles. The molecule has 2 rings (SSSR count). The van der Waals surface area contributed by atoms with Crippen LogP contribution in [0.4, 0.5) is 5.69 Å². The average molecular weight is 264 g/mol. The van der Waals surface area contributed by atoms with E-state index in [4.69, 9.17) is 16.9 Å². The second-order valence-corrected chi connectivity index (χ2v) is 4.90. The van der Waals surface area contributed by atoms with Crippen molar-refractivity contribution in [3.05, 3.63) is 29.3 Å². The number of nitriles is 1. The third-order valence-corrected chi connectivity index (χ3v) is 3.24. The molecular weight excluding hydrogens is 250 g/mol. The summed E-state index contributed by atoms with van der Waals surface area (Å²) in [6, 6.07) is 7.08. The largest absolute Gasteiger partial charge is 0.326 e. The van der Waals surface area contributed by atoms with Crippen molar-refractivity contribution in [1.29, 1.82) is 5.26 Å². The van der Waals surface area contributed by atoms with Crippen LogP contribution in [0.15, 0.2) is 24.3 Å². The summed E-state index contributed by atoms with van der Waals surface area (Å²) in [7, 11) is 0. The Bertz CT molecular complexity index is 483. The third kappa shape index (κ3) is 3.38. The van der Waals surface area contributed by atoms with E-state index in [0.717, 1.165) is 13.0 Å². The molecule has 4 nitrogen and oxygen atoms in total. The number of hydrogen-bond acceptors (Lipinski definition) is 3. The first kappa shape index (κ1) is 12.7. The summed E-state index contributed by atoms with van der Waals surface area (Å²) in [6.45, 7) is 1.44. The van der Waals surface area contributed by atoms with E-state index in [1.807, 2.05) is 0 Å². The number of carbonyl (C=O) groups excluding carboxylic acids is 1. The van der Waals surface area contributed by atoms with Gasteiger partial charge in [0.1, 0.15) is 0 Å². The number of anilines is 1. The van der Waals surface area contributed by atoms with Crippen LogP contribution in [0, 0.1) is 17.4 Å². The van der Waals surface area contributed by atoms with E-state index in [2.05, 4.69) is 11.5 Å². The third-order valence-electron chi connectivity index (χ3n) is 3.01. The molecule has 0 bridgehead atoms. The number of carbonyl (C=O) groups is 1. The van der Waals surface area contributed by atoms with E-state index in [1.54, 1.807) is 29.2 Å². The van der Waals surface area contributed by atoms with Crippen LogP contribution in [0.25, 0.3) is 0 Å². The van der Waals surface area contributed by atoms with Crippen LogP contribution in [-0.4, -0.2) is 23.9 Å². The SMILES string of the molecule is N#CN1CCC(CC(=O)Nc2cccc(Cl)c2)C1. The number of amides is 1. The lowest BCUT2D eigenvalue weighted by molar-refractivity contribution is -0.117. The molecule has 1 atom stereocenters. The van der Waals surface area contributed by atoms with E-state index in [0.29, 0.717) is 23.7 Å². The van der Waals surface area contributed by atoms with Crippen LogP contribution < -0.4 is 5.32 Å². The highest BCUT2D eigenvalue weighted by atomic mass is 35.5. The molecule has 1 heterocycles. The van der Waals surface area contributed by atoms with Gasteiger partial charge in [0.2, 0.25) is 5.91 Å². The van der Waals surface area contributed by atoms with Crippen molar-refractivity contribution in [3.63, 3.8) is 0 Å². The van der Waals surface area contributed by atoms with E-state index >= 15 is 0 Å². The van der Waals surface area contributed by atoms with Gasteiger partial charge in [0, 0.05) is 30.2 Å². The Morgan fingerprint density at radius 2 is 2.44 bits per heavy atom. The zero-order chi connectivity index (χ0) is 13.0. The summed E-state index contributed by atoms with van der Waals surface area (Å²) in [4.78, 5) is 13.5. The number of rotatable bonds is 3. The summed E-state index contributed by atoms with van der Waals surface area (Å²) in [6.07, 6.45) is 3.46. The lowest BCUT2D eigenvalue weighted by Crippen LogP contribution is -2.19. The Labute approximate surface area is 111 Å². The molecule has 1 unspecified atom stereocenters. The van der Waals surface area contributed by atoms with Crippen molar-refractivity contribution in [2.45, 2.75) is 12.8 Å². The minimum absolute atomic E-state index is 0.0259. The van der Waals surface area contributed by atoms with Crippen LogP contribution >= 0.6 is 11.6 Å². The number of halogens is 1. The zero-order valence-corrected chi connectivity index (χ0v) is 10.7. The van der Waals surface area contributed by atoms with Gasteiger partial charge in [0.25, 0.3) is 0 Å². The molecule has 1 amide bonds. The first-order valence-corrected chi connectivity index (χ1v) is 6.25. The van der Waals surface area contributed by atoms with Gasteiger partial charge in [-0.3, -0.25) is 4.79 Å². The molecule has 18 heavy (non-hydrogen) atoms. The Morgan fingerprint density at radius 1 is 1.61 bits per heavy atom. The molecule has 1 aromatic carbocycles. The first-order chi connectivity index (χ1) is 8.67. The summed E-state index contributed by atoms with van der Waals surface area (Å²) < 4.78 is 0. The topological polar surface area (TPSA) is 56.1 Å². The van der Waals surface area contributed by atoms with Crippen molar-refractivity contribution < 1.29 is 4.79 Å². The fourth-order valence-corrected chi connectivity index (χ4v) is 2.32. The van der Waals surface area contributed by atoms with Crippen LogP contribution in [0.2, 0.25) is 5.02 Å². The van der Waals surface area contributed by atoms with Gasteiger partial charge in [0.05, 0.1) is 0 Å².